The molecule has 0 amide bonds. The van der Waals surface area contributed by atoms with Gasteiger partial charge in [0.1, 0.15) is 13.2 Å². The molecule has 0 aromatic rings. The molecule has 0 saturated heterocycles. The highest BCUT2D eigenvalue weighted by atomic mass is 16.7. The van der Waals surface area contributed by atoms with Crippen molar-refractivity contribution in [2.75, 3.05) is 47.5 Å². The topological polar surface area (TPSA) is 108 Å². The molecule has 0 aliphatic carbocycles. The summed E-state index contributed by atoms with van der Waals surface area (Å²) in [6, 6.07) is 0. The zero-order valence-corrected chi connectivity index (χ0v) is 70.0. The van der Waals surface area contributed by atoms with E-state index in [4.69, 9.17) is 18.9 Å². The SMILES string of the molecule is CC/C=C\C/C=C\C/C=C\C/C=C\C/C=C\C/C=C\C/C=C\C/C=C\CCCCCCCCCCCCCCCCCCC(=O)OC(COC(=O)CCCCCCCCCCCCCCCCCCCCCCCC/C=C\C/C=C\C/C=C\C/C=C\C/C=C\C/C=C\CC)COC(OCC[N+](C)(C)C)C(=O)O. The second kappa shape index (κ2) is 86.2. The first kappa shape index (κ1) is 102. The first-order valence-electron chi connectivity index (χ1n) is 44.3. The number of hydrogen-bond acceptors (Lipinski definition) is 7. The average molecular weight is 1490 g/mol. The summed E-state index contributed by atoms with van der Waals surface area (Å²) in [5, 5.41) is 9.80. The summed E-state index contributed by atoms with van der Waals surface area (Å²) in [4.78, 5) is 37.8. The lowest BCUT2D eigenvalue weighted by Crippen LogP contribution is -2.40. The zero-order chi connectivity index (χ0) is 77.4. The molecular formula is C98H166NO8+. The molecular weight excluding hydrogens is 1320 g/mol. The van der Waals surface area contributed by atoms with Crippen LogP contribution in [0.3, 0.4) is 0 Å². The number of nitrogens with zero attached hydrogens (tertiary/aromatic N) is 1. The van der Waals surface area contributed by atoms with Crippen molar-refractivity contribution in [1.82, 2.24) is 0 Å². The van der Waals surface area contributed by atoms with Crippen LogP contribution in [-0.4, -0.2) is 87.4 Å². The van der Waals surface area contributed by atoms with E-state index in [1.807, 2.05) is 21.1 Å². The quantitative estimate of drug-likeness (QED) is 0.0211. The van der Waals surface area contributed by atoms with Gasteiger partial charge in [-0.05, 0) is 128 Å². The summed E-state index contributed by atoms with van der Waals surface area (Å²) < 4.78 is 23.1. The van der Waals surface area contributed by atoms with Gasteiger partial charge < -0.3 is 28.5 Å². The minimum atomic E-state index is -1.52. The van der Waals surface area contributed by atoms with Crippen molar-refractivity contribution in [3.8, 4) is 0 Å². The molecule has 0 aromatic heterocycles. The highest BCUT2D eigenvalue weighted by Crippen LogP contribution is 2.19. The van der Waals surface area contributed by atoms with Gasteiger partial charge in [0, 0.05) is 12.8 Å². The lowest BCUT2D eigenvalue weighted by molar-refractivity contribution is -0.870. The van der Waals surface area contributed by atoms with Crippen molar-refractivity contribution in [2.45, 2.75) is 386 Å². The Hall–Kier alpha value is -5.35. The Morgan fingerprint density at radius 3 is 0.748 bits per heavy atom. The Labute approximate surface area is 660 Å². The lowest BCUT2D eigenvalue weighted by atomic mass is 10.0. The molecule has 2 unspecified atom stereocenters. The molecule has 1 N–H and O–H groups in total. The standard InChI is InChI=1S/C98H165NO8/c1-6-8-10-12-14-16-18-20-22-24-26-28-30-32-34-36-38-40-42-44-46-48-50-52-54-56-58-60-62-64-66-68-70-72-74-76-78-80-82-84-86-88-95(100)105-92-94(93-106-98(97(102)103)104-91-90-99(3,4)5)107-96(101)89-87-85-83-81-79-77-75-73-71-69-67-65-63-61-59-57-55-53-51-49-47-45-43-41-39-37-35-33-31-29-27-25-23-21-19-17-15-13-11-9-7-2/h8-11,14-17,20-23,26-29,32-35,38-41,45,47,51,53,94,98H,6-7,12-13,18-19,24-25,30-31,36-37,42-44,46,48-50,52,54-93H2,1-5H3/p+1/b10-8-,11-9-,16-14-,17-15-,22-20-,23-21-,28-26-,29-27-,34-32-,35-33-,40-38-,41-39-,47-45-,53-51-. The summed E-state index contributed by atoms with van der Waals surface area (Å²) in [5.74, 6) is -1.99. The van der Waals surface area contributed by atoms with Crippen LogP contribution in [0.15, 0.2) is 170 Å². The van der Waals surface area contributed by atoms with Crippen molar-refractivity contribution >= 4 is 17.9 Å². The predicted octanol–water partition coefficient (Wildman–Crippen LogP) is 29.3. The molecule has 0 fully saturated rings. The number of allylic oxidation sites excluding steroid dienone is 28. The fraction of sp³-hybridized carbons (Fsp3) is 0.684. The largest absolute Gasteiger partial charge is 0.477 e. The van der Waals surface area contributed by atoms with Gasteiger partial charge in [-0.25, -0.2) is 4.79 Å². The molecule has 9 nitrogen and oxygen atoms in total. The number of quaternary nitrogens is 1. The molecule has 0 heterocycles. The van der Waals surface area contributed by atoms with Crippen LogP contribution in [0.5, 0.6) is 0 Å². The third-order valence-corrected chi connectivity index (χ3v) is 19.0. The molecule has 0 spiro atoms. The Morgan fingerprint density at radius 2 is 0.505 bits per heavy atom. The number of carboxylic acids is 1. The molecule has 0 radical (unpaired) electrons. The van der Waals surface area contributed by atoms with Crippen LogP contribution in [0.1, 0.15) is 373 Å². The van der Waals surface area contributed by atoms with E-state index in [0.717, 1.165) is 128 Å². The van der Waals surface area contributed by atoms with Crippen LogP contribution in [0.25, 0.3) is 0 Å². The summed E-state index contributed by atoms with van der Waals surface area (Å²) in [5.41, 5.74) is 0. The van der Waals surface area contributed by atoms with E-state index in [2.05, 4.69) is 184 Å². The van der Waals surface area contributed by atoms with Gasteiger partial charge in [-0.3, -0.25) is 9.59 Å². The van der Waals surface area contributed by atoms with Crippen LogP contribution in [0, 0.1) is 0 Å². The lowest BCUT2D eigenvalue weighted by Gasteiger charge is -2.25. The Kier molecular flexibility index (Phi) is 81.9. The summed E-state index contributed by atoms with van der Waals surface area (Å²) in [6.45, 7) is 4.68. The maximum Gasteiger partial charge on any atom is 0.361 e. The van der Waals surface area contributed by atoms with Crippen LogP contribution in [-0.2, 0) is 33.3 Å². The van der Waals surface area contributed by atoms with Crippen LogP contribution in [0.2, 0.25) is 0 Å². The van der Waals surface area contributed by atoms with Crippen molar-refractivity contribution in [2.24, 2.45) is 0 Å². The number of carboxylic acid groups (broad SMARTS) is 1. The number of rotatable bonds is 81. The average Bonchev–Trinajstić information content (AvgIpc) is 0.965. The van der Waals surface area contributed by atoms with E-state index in [1.165, 1.54) is 218 Å². The fourth-order valence-corrected chi connectivity index (χ4v) is 12.3. The van der Waals surface area contributed by atoms with Crippen molar-refractivity contribution in [3.05, 3.63) is 170 Å². The Balaban J connectivity index is 3.98. The molecule has 2 atom stereocenters. The van der Waals surface area contributed by atoms with Crippen molar-refractivity contribution < 1.29 is 42.9 Å². The van der Waals surface area contributed by atoms with E-state index < -0.39 is 24.3 Å². The van der Waals surface area contributed by atoms with E-state index in [0.29, 0.717) is 17.4 Å². The van der Waals surface area contributed by atoms with Gasteiger partial charge in [0.25, 0.3) is 6.29 Å². The first-order chi connectivity index (χ1) is 52.6. The van der Waals surface area contributed by atoms with Crippen LogP contribution in [0.4, 0.5) is 0 Å². The number of carbonyl (C=O) groups excluding carboxylic acids is 2. The van der Waals surface area contributed by atoms with Crippen LogP contribution < -0.4 is 0 Å². The monoisotopic (exact) mass is 1490 g/mol. The smallest absolute Gasteiger partial charge is 0.361 e. The molecule has 0 bridgehead atoms. The summed E-state index contributed by atoms with van der Waals surface area (Å²) in [7, 11) is 5.99. The number of hydrogen-bond donors (Lipinski definition) is 1. The van der Waals surface area contributed by atoms with Gasteiger partial charge in [0.2, 0.25) is 0 Å². The number of aliphatic carboxylic acids is 1. The van der Waals surface area contributed by atoms with E-state index in [-0.39, 0.29) is 32.2 Å². The second-order valence-corrected chi connectivity index (χ2v) is 30.4. The normalized spacial score (nSPS) is 13.5. The number of unbranched alkanes of at least 4 members (excludes halogenated alkanes) is 38. The first-order valence-corrected chi connectivity index (χ1v) is 44.3. The highest BCUT2D eigenvalue weighted by molar-refractivity contribution is 5.71. The van der Waals surface area contributed by atoms with E-state index in [9.17, 15) is 19.5 Å². The summed E-state index contributed by atoms with van der Waals surface area (Å²) in [6.07, 6.45) is 127. The van der Waals surface area contributed by atoms with Gasteiger partial charge in [-0.1, -0.05) is 402 Å². The molecule has 0 aliphatic heterocycles. The van der Waals surface area contributed by atoms with Gasteiger partial charge >= 0.3 is 17.9 Å². The maximum atomic E-state index is 13.0. The predicted molar refractivity (Wildman–Crippen MR) is 465 cm³/mol. The van der Waals surface area contributed by atoms with Gasteiger partial charge in [0.05, 0.1) is 34.4 Å². The fourth-order valence-electron chi connectivity index (χ4n) is 12.3. The number of likely N-dealkylation sites (N-methyl/N-ethyl adjacent to an activating group) is 1. The molecule has 0 rings (SSSR count). The van der Waals surface area contributed by atoms with Gasteiger partial charge in [0.15, 0.2) is 6.10 Å². The zero-order valence-electron chi connectivity index (χ0n) is 70.0. The Bertz CT molecular complexity index is 2380. The van der Waals surface area contributed by atoms with Gasteiger partial charge in [-0.2, -0.15) is 0 Å². The minimum Gasteiger partial charge on any atom is -0.477 e. The highest BCUT2D eigenvalue weighted by Gasteiger charge is 2.25. The van der Waals surface area contributed by atoms with E-state index >= 15 is 0 Å². The number of carbonyl (C=O) groups is 3. The van der Waals surface area contributed by atoms with E-state index in [1.54, 1.807) is 0 Å². The third kappa shape index (κ3) is 87.8. The molecule has 9 heteroatoms. The molecule has 0 saturated carbocycles. The van der Waals surface area contributed by atoms with Crippen molar-refractivity contribution in [3.63, 3.8) is 0 Å². The van der Waals surface area contributed by atoms with Crippen LogP contribution >= 0.6 is 0 Å². The van der Waals surface area contributed by atoms with Gasteiger partial charge in [-0.15, -0.1) is 0 Å². The minimum absolute atomic E-state index is 0.184. The molecule has 107 heavy (non-hydrogen) atoms. The maximum absolute atomic E-state index is 13.0. The second-order valence-electron chi connectivity index (χ2n) is 30.4. The Morgan fingerprint density at radius 1 is 0.280 bits per heavy atom. The molecule has 0 aromatic carbocycles. The summed E-state index contributed by atoms with van der Waals surface area (Å²) >= 11 is 0. The third-order valence-electron chi connectivity index (χ3n) is 19.0. The van der Waals surface area contributed by atoms with Crippen molar-refractivity contribution in [1.29, 1.82) is 0 Å². The molecule has 610 valence electrons. The number of esters is 2. The molecule has 0 aliphatic rings. The number of ether oxygens (including phenoxy) is 4.